The molecule has 1 aliphatic rings. The Morgan fingerprint density at radius 2 is 2.07 bits per heavy atom. The predicted octanol–water partition coefficient (Wildman–Crippen LogP) is 2.70. The van der Waals surface area contributed by atoms with Crippen LogP contribution in [0.4, 0.5) is 0 Å². The molecule has 1 fully saturated rings. The van der Waals surface area contributed by atoms with Crippen LogP contribution in [-0.4, -0.2) is 59.9 Å². The normalized spacial score (nSPS) is 18.4. The van der Waals surface area contributed by atoms with Gasteiger partial charge in [0.15, 0.2) is 5.96 Å². The molecule has 1 unspecified atom stereocenters. The Morgan fingerprint density at radius 1 is 1.25 bits per heavy atom. The van der Waals surface area contributed by atoms with Crippen LogP contribution in [0.1, 0.15) is 32.3 Å². The molecule has 3 rings (SSSR count). The Kier molecular flexibility index (Phi) is 7.48. The first-order chi connectivity index (χ1) is 13.7. The molecule has 28 heavy (non-hydrogen) atoms. The molecule has 1 atom stereocenters. The van der Waals surface area contributed by atoms with Crippen molar-refractivity contribution in [1.29, 1.82) is 0 Å². The number of aromatic nitrogens is 2. The minimum absolute atomic E-state index is 0.639. The van der Waals surface area contributed by atoms with Crippen LogP contribution >= 0.6 is 0 Å². The zero-order valence-electron chi connectivity index (χ0n) is 17.4. The molecule has 152 valence electrons. The van der Waals surface area contributed by atoms with Gasteiger partial charge in [0.1, 0.15) is 0 Å². The second-order valence-corrected chi connectivity index (χ2v) is 7.84. The highest BCUT2D eigenvalue weighted by Gasteiger charge is 2.21. The van der Waals surface area contributed by atoms with Crippen molar-refractivity contribution in [2.24, 2.45) is 10.9 Å². The van der Waals surface area contributed by atoms with E-state index >= 15 is 0 Å². The summed E-state index contributed by atoms with van der Waals surface area (Å²) in [6, 6.07) is 11.1. The Labute approximate surface area is 169 Å². The molecule has 1 aromatic heterocycles. The van der Waals surface area contributed by atoms with Gasteiger partial charge in [0.25, 0.3) is 0 Å². The molecule has 6 heteroatoms. The summed E-state index contributed by atoms with van der Waals surface area (Å²) in [5, 5.41) is 11.2. The van der Waals surface area contributed by atoms with Crippen LogP contribution in [0.3, 0.4) is 0 Å². The number of hydrogen-bond donors (Lipinski definition) is 2. The molecule has 0 radical (unpaired) electrons. The maximum atomic E-state index is 4.37. The molecule has 1 saturated heterocycles. The summed E-state index contributed by atoms with van der Waals surface area (Å²) in [5.41, 5.74) is 2.39. The molecular weight excluding hydrogens is 348 g/mol. The SMILES string of the molecule is CN=C(NCCc1ccc(-n2cccn2)cc1)NCC1CCCN(C(C)C)C1. The lowest BCUT2D eigenvalue weighted by Crippen LogP contribution is -2.46. The third-order valence-electron chi connectivity index (χ3n) is 5.47. The molecular formula is C22H34N6. The van der Waals surface area contributed by atoms with Crippen molar-refractivity contribution in [3.63, 3.8) is 0 Å². The highest BCUT2D eigenvalue weighted by molar-refractivity contribution is 5.79. The quantitative estimate of drug-likeness (QED) is 0.571. The molecule has 0 saturated carbocycles. The monoisotopic (exact) mass is 382 g/mol. The van der Waals surface area contributed by atoms with E-state index in [-0.39, 0.29) is 0 Å². The van der Waals surface area contributed by atoms with E-state index in [1.54, 1.807) is 6.20 Å². The summed E-state index contributed by atoms with van der Waals surface area (Å²) >= 11 is 0. The number of guanidine groups is 1. The van der Waals surface area contributed by atoms with Crippen molar-refractivity contribution in [3.05, 3.63) is 48.3 Å². The fourth-order valence-electron chi connectivity index (χ4n) is 3.76. The maximum absolute atomic E-state index is 4.37. The van der Waals surface area contributed by atoms with Gasteiger partial charge in [0, 0.05) is 45.1 Å². The van der Waals surface area contributed by atoms with E-state index in [0.29, 0.717) is 12.0 Å². The van der Waals surface area contributed by atoms with Gasteiger partial charge in [-0.2, -0.15) is 5.10 Å². The van der Waals surface area contributed by atoms with Crippen LogP contribution in [0.15, 0.2) is 47.7 Å². The largest absolute Gasteiger partial charge is 0.356 e. The van der Waals surface area contributed by atoms with E-state index in [2.05, 4.69) is 63.7 Å². The Hall–Kier alpha value is -2.34. The first-order valence-corrected chi connectivity index (χ1v) is 10.4. The fourth-order valence-corrected chi connectivity index (χ4v) is 3.76. The lowest BCUT2D eigenvalue weighted by Gasteiger charge is -2.35. The molecule has 0 aliphatic carbocycles. The van der Waals surface area contributed by atoms with Crippen molar-refractivity contribution in [3.8, 4) is 5.69 Å². The van der Waals surface area contributed by atoms with Crippen LogP contribution in [0.2, 0.25) is 0 Å². The zero-order chi connectivity index (χ0) is 19.8. The Morgan fingerprint density at radius 3 is 2.75 bits per heavy atom. The molecule has 2 heterocycles. The number of rotatable bonds is 7. The third-order valence-corrected chi connectivity index (χ3v) is 5.47. The molecule has 1 aromatic carbocycles. The molecule has 2 N–H and O–H groups in total. The average molecular weight is 383 g/mol. The van der Waals surface area contributed by atoms with Crippen molar-refractivity contribution in [1.82, 2.24) is 25.3 Å². The zero-order valence-corrected chi connectivity index (χ0v) is 17.4. The maximum Gasteiger partial charge on any atom is 0.190 e. The lowest BCUT2D eigenvalue weighted by atomic mass is 9.97. The van der Waals surface area contributed by atoms with Crippen molar-refractivity contribution >= 4 is 5.96 Å². The van der Waals surface area contributed by atoms with E-state index in [4.69, 9.17) is 0 Å². The number of benzene rings is 1. The topological polar surface area (TPSA) is 57.5 Å². The van der Waals surface area contributed by atoms with Crippen molar-refractivity contribution in [2.75, 3.05) is 33.2 Å². The first kappa shape index (κ1) is 20.4. The van der Waals surface area contributed by atoms with E-state index in [1.807, 2.05) is 24.0 Å². The van der Waals surface area contributed by atoms with E-state index in [1.165, 1.54) is 31.5 Å². The Balaban J connectivity index is 1.39. The van der Waals surface area contributed by atoms with Crippen LogP contribution in [0.5, 0.6) is 0 Å². The van der Waals surface area contributed by atoms with Crippen molar-refractivity contribution in [2.45, 2.75) is 39.2 Å². The molecule has 0 bridgehead atoms. The Bertz CT molecular complexity index is 720. The minimum Gasteiger partial charge on any atom is -0.356 e. The first-order valence-electron chi connectivity index (χ1n) is 10.4. The fraction of sp³-hybridized carbons (Fsp3) is 0.545. The van der Waals surface area contributed by atoms with Crippen LogP contribution in [0, 0.1) is 5.92 Å². The van der Waals surface area contributed by atoms with Gasteiger partial charge in [0.05, 0.1) is 5.69 Å². The van der Waals surface area contributed by atoms with Gasteiger partial charge in [-0.15, -0.1) is 0 Å². The van der Waals surface area contributed by atoms with Gasteiger partial charge >= 0.3 is 0 Å². The number of likely N-dealkylation sites (tertiary alicyclic amines) is 1. The van der Waals surface area contributed by atoms with Gasteiger partial charge in [-0.1, -0.05) is 12.1 Å². The molecule has 0 spiro atoms. The molecule has 2 aromatic rings. The number of piperidine rings is 1. The summed E-state index contributed by atoms with van der Waals surface area (Å²) in [7, 11) is 1.84. The van der Waals surface area contributed by atoms with Gasteiger partial charge < -0.3 is 15.5 Å². The van der Waals surface area contributed by atoms with Gasteiger partial charge in [-0.3, -0.25) is 4.99 Å². The summed E-state index contributed by atoms with van der Waals surface area (Å²) in [6.45, 7) is 8.85. The summed E-state index contributed by atoms with van der Waals surface area (Å²) in [5.74, 6) is 1.60. The van der Waals surface area contributed by atoms with Gasteiger partial charge in [-0.25, -0.2) is 4.68 Å². The third kappa shape index (κ3) is 5.83. The second-order valence-electron chi connectivity index (χ2n) is 7.84. The number of hydrogen-bond acceptors (Lipinski definition) is 3. The van der Waals surface area contributed by atoms with Crippen molar-refractivity contribution < 1.29 is 0 Å². The minimum atomic E-state index is 0.639. The molecule has 0 amide bonds. The number of aliphatic imine (C=N–C) groups is 1. The molecule has 6 nitrogen and oxygen atoms in total. The summed E-state index contributed by atoms with van der Waals surface area (Å²) < 4.78 is 1.87. The van der Waals surface area contributed by atoms with E-state index in [9.17, 15) is 0 Å². The van der Waals surface area contributed by atoms with E-state index < -0.39 is 0 Å². The summed E-state index contributed by atoms with van der Waals surface area (Å²) in [6.07, 6.45) is 7.31. The smallest absolute Gasteiger partial charge is 0.190 e. The van der Waals surface area contributed by atoms with Crippen LogP contribution in [-0.2, 0) is 6.42 Å². The summed E-state index contributed by atoms with van der Waals surface area (Å²) in [4.78, 5) is 6.96. The van der Waals surface area contributed by atoms with Gasteiger partial charge in [0.2, 0.25) is 0 Å². The predicted molar refractivity (Wildman–Crippen MR) is 116 cm³/mol. The molecule has 1 aliphatic heterocycles. The average Bonchev–Trinajstić information content (AvgIpc) is 3.26. The second kappa shape index (κ2) is 10.3. The number of nitrogens with zero attached hydrogens (tertiary/aromatic N) is 4. The number of nitrogens with one attached hydrogen (secondary N) is 2. The van der Waals surface area contributed by atoms with Crippen LogP contribution < -0.4 is 10.6 Å². The standard InChI is InChI=1S/C22H34N6/c1-18(2)27-14-4-6-20(17-27)16-25-22(23-3)24-13-11-19-7-9-21(10-8-19)28-15-5-12-26-28/h5,7-10,12,15,18,20H,4,6,11,13-14,16-17H2,1-3H3,(H2,23,24,25). The van der Waals surface area contributed by atoms with Crippen LogP contribution in [0.25, 0.3) is 5.69 Å². The lowest BCUT2D eigenvalue weighted by molar-refractivity contribution is 0.141. The highest BCUT2D eigenvalue weighted by Crippen LogP contribution is 2.17. The van der Waals surface area contributed by atoms with E-state index in [0.717, 1.165) is 31.2 Å². The highest BCUT2D eigenvalue weighted by atomic mass is 15.3. The van der Waals surface area contributed by atoms with Gasteiger partial charge in [-0.05, 0) is 69.3 Å².